The quantitative estimate of drug-likeness (QED) is 0.197. The molecular formula is C43H25N3O2. The van der Waals surface area contributed by atoms with Crippen molar-refractivity contribution >= 4 is 54.6 Å². The molecule has 48 heavy (non-hydrogen) atoms. The van der Waals surface area contributed by atoms with Crippen molar-refractivity contribution in [3.8, 4) is 45.3 Å². The van der Waals surface area contributed by atoms with Gasteiger partial charge in [0, 0.05) is 43.6 Å². The standard InChI is InChI=1S/C43H25N3O2/c1-3-11-26(12-4-1)28-19-21-39-34(23-28)35-25-36(30-15-7-8-17-32(30)40(35)48-39)43-45-41(27-13-5-2-6-14-27)44-42(46-43)29-20-22-38-33(24-29)31-16-9-10-18-37(31)47-38/h1-25H. The van der Waals surface area contributed by atoms with E-state index >= 15 is 0 Å². The first-order chi connectivity index (χ1) is 23.8. The fraction of sp³-hybridized carbons (Fsp3) is 0. The van der Waals surface area contributed by atoms with Crippen LogP contribution in [0.2, 0.25) is 0 Å². The fourth-order valence-electron chi connectivity index (χ4n) is 6.80. The fourth-order valence-corrected chi connectivity index (χ4v) is 6.80. The molecule has 5 heteroatoms. The van der Waals surface area contributed by atoms with Gasteiger partial charge in [0.25, 0.3) is 0 Å². The number of rotatable bonds is 4. The van der Waals surface area contributed by atoms with Crippen molar-refractivity contribution < 1.29 is 8.83 Å². The zero-order valence-electron chi connectivity index (χ0n) is 25.6. The van der Waals surface area contributed by atoms with Gasteiger partial charge in [-0.05, 0) is 59.0 Å². The second-order valence-corrected chi connectivity index (χ2v) is 12.0. The van der Waals surface area contributed by atoms with E-state index in [4.69, 9.17) is 23.8 Å². The molecule has 0 radical (unpaired) electrons. The summed E-state index contributed by atoms with van der Waals surface area (Å²) in [5.74, 6) is 1.81. The Kier molecular flexibility index (Phi) is 5.81. The van der Waals surface area contributed by atoms with Crippen molar-refractivity contribution in [3.05, 3.63) is 152 Å². The molecule has 0 N–H and O–H groups in total. The van der Waals surface area contributed by atoms with Gasteiger partial charge in [0.15, 0.2) is 17.5 Å². The van der Waals surface area contributed by atoms with Crippen LogP contribution in [-0.4, -0.2) is 15.0 Å². The van der Waals surface area contributed by atoms with Gasteiger partial charge in [-0.1, -0.05) is 109 Å². The molecule has 0 aliphatic heterocycles. The van der Waals surface area contributed by atoms with Gasteiger partial charge in [-0.25, -0.2) is 15.0 Å². The molecule has 0 aliphatic carbocycles. The van der Waals surface area contributed by atoms with Crippen LogP contribution in [0.25, 0.3) is 99.9 Å². The molecule has 3 heterocycles. The molecule has 10 rings (SSSR count). The van der Waals surface area contributed by atoms with Crippen LogP contribution in [-0.2, 0) is 0 Å². The van der Waals surface area contributed by atoms with Gasteiger partial charge in [0.05, 0.1) is 0 Å². The molecular weight excluding hydrogens is 590 g/mol. The van der Waals surface area contributed by atoms with Gasteiger partial charge in [-0.15, -0.1) is 0 Å². The summed E-state index contributed by atoms with van der Waals surface area (Å²) in [5, 5.41) is 6.18. The second kappa shape index (κ2) is 10.5. The predicted octanol–water partition coefficient (Wildman–Crippen LogP) is 11.5. The largest absolute Gasteiger partial charge is 0.456 e. The third kappa shape index (κ3) is 4.22. The van der Waals surface area contributed by atoms with Crippen molar-refractivity contribution in [1.82, 2.24) is 15.0 Å². The summed E-state index contributed by atoms with van der Waals surface area (Å²) in [5.41, 5.74) is 8.40. The molecule has 0 fully saturated rings. The number of nitrogens with zero attached hydrogens (tertiary/aromatic N) is 3. The van der Waals surface area contributed by atoms with Crippen LogP contribution in [0, 0.1) is 0 Å². The Labute approximate surface area is 274 Å². The van der Waals surface area contributed by atoms with E-state index in [1.54, 1.807) is 0 Å². The van der Waals surface area contributed by atoms with E-state index in [1.807, 2.05) is 78.9 Å². The molecule has 224 valence electrons. The molecule has 0 atom stereocenters. The van der Waals surface area contributed by atoms with Gasteiger partial charge >= 0.3 is 0 Å². The highest BCUT2D eigenvalue weighted by Gasteiger charge is 2.20. The predicted molar refractivity (Wildman–Crippen MR) is 194 cm³/mol. The van der Waals surface area contributed by atoms with Crippen LogP contribution in [0.3, 0.4) is 0 Å². The summed E-state index contributed by atoms with van der Waals surface area (Å²) in [7, 11) is 0. The van der Waals surface area contributed by atoms with Gasteiger partial charge < -0.3 is 8.83 Å². The average molecular weight is 616 g/mol. The van der Waals surface area contributed by atoms with Crippen molar-refractivity contribution in [2.24, 2.45) is 0 Å². The highest BCUT2D eigenvalue weighted by molar-refractivity contribution is 6.19. The molecule has 10 aromatic rings. The SMILES string of the molecule is c1ccc(-c2ccc3oc4c5ccccc5c(-c5nc(-c6ccccc6)nc(-c6ccc7oc8ccccc8c7c6)n5)cc4c3c2)cc1. The smallest absolute Gasteiger partial charge is 0.164 e. The Balaban J connectivity index is 1.24. The molecule has 7 aromatic carbocycles. The lowest BCUT2D eigenvalue weighted by atomic mass is 9.98. The van der Waals surface area contributed by atoms with E-state index in [9.17, 15) is 0 Å². The summed E-state index contributed by atoms with van der Waals surface area (Å²) in [6.07, 6.45) is 0. The lowest BCUT2D eigenvalue weighted by molar-refractivity contribution is 0.669. The van der Waals surface area contributed by atoms with Gasteiger partial charge in [-0.3, -0.25) is 0 Å². The maximum absolute atomic E-state index is 6.54. The van der Waals surface area contributed by atoms with Crippen LogP contribution >= 0.6 is 0 Å². The molecule has 0 saturated heterocycles. The highest BCUT2D eigenvalue weighted by Crippen LogP contribution is 2.41. The normalized spacial score (nSPS) is 11.8. The van der Waals surface area contributed by atoms with Crippen molar-refractivity contribution in [3.63, 3.8) is 0 Å². The van der Waals surface area contributed by atoms with Gasteiger partial charge in [-0.2, -0.15) is 0 Å². The number of aromatic nitrogens is 3. The monoisotopic (exact) mass is 615 g/mol. The molecule has 3 aromatic heterocycles. The minimum Gasteiger partial charge on any atom is -0.456 e. The first-order valence-corrected chi connectivity index (χ1v) is 15.9. The Morgan fingerprint density at radius 1 is 0.312 bits per heavy atom. The highest BCUT2D eigenvalue weighted by atomic mass is 16.3. The zero-order valence-corrected chi connectivity index (χ0v) is 25.6. The van der Waals surface area contributed by atoms with E-state index in [2.05, 4.69) is 72.8 Å². The third-order valence-electron chi connectivity index (χ3n) is 9.13. The maximum Gasteiger partial charge on any atom is 0.164 e. The van der Waals surface area contributed by atoms with Crippen molar-refractivity contribution in [2.45, 2.75) is 0 Å². The van der Waals surface area contributed by atoms with E-state index < -0.39 is 0 Å². The number of benzene rings is 7. The molecule has 0 bridgehead atoms. The van der Waals surface area contributed by atoms with Crippen LogP contribution in [0.4, 0.5) is 0 Å². The topological polar surface area (TPSA) is 65.0 Å². The van der Waals surface area contributed by atoms with Crippen LogP contribution in [0.1, 0.15) is 0 Å². The minimum absolute atomic E-state index is 0.596. The lowest BCUT2D eigenvalue weighted by Crippen LogP contribution is -2.00. The number of para-hydroxylation sites is 1. The summed E-state index contributed by atoms with van der Waals surface area (Å²) in [6.45, 7) is 0. The first kappa shape index (κ1) is 26.6. The minimum atomic E-state index is 0.596. The zero-order chi connectivity index (χ0) is 31.6. The molecule has 0 aliphatic rings. The summed E-state index contributed by atoms with van der Waals surface area (Å²) in [6, 6.07) is 51.6. The number of fused-ring (bicyclic) bond motifs is 8. The van der Waals surface area contributed by atoms with Gasteiger partial charge in [0.1, 0.15) is 22.3 Å². The molecule has 0 unspecified atom stereocenters. The van der Waals surface area contributed by atoms with Crippen LogP contribution in [0.15, 0.2) is 160 Å². The molecule has 0 saturated carbocycles. The van der Waals surface area contributed by atoms with E-state index in [1.165, 1.54) is 0 Å². The lowest BCUT2D eigenvalue weighted by Gasteiger charge is -2.11. The number of hydrogen-bond donors (Lipinski definition) is 0. The Hall–Kier alpha value is -6.59. The first-order valence-electron chi connectivity index (χ1n) is 15.9. The van der Waals surface area contributed by atoms with Crippen molar-refractivity contribution in [1.29, 1.82) is 0 Å². The molecule has 5 nitrogen and oxygen atoms in total. The maximum atomic E-state index is 6.54. The number of hydrogen-bond acceptors (Lipinski definition) is 5. The van der Waals surface area contributed by atoms with Crippen molar-refractivity contribution in [2.75, 3.05) is 0 Å². The Morgan fingerprint density at radius 3 is 1.65 bits per heavy atom. The Bertz CT molecular complexity index is 2840. The third-order valence-corrected chi connectivity index (χ3v) is 9.13. The molecule has 0 amide bonds. The summed E-state index contributed by atoms with van der Waals surface area (Å²) in [4.78, 5) is 15.3. The number of furan rings is 2. The van der Waals surface area contributed by atoms with E-state index in [0.717, 1.165) is 82.5 Å². The van der Waals surface area contributed by atoms with E-state index in [-0.39, 0.29) is 0 Å². The molecule has 0 spiro atoms. The van der Waals surface area contributed by atoms with Gasteiger partial charge in [0.2, 0.25) is 0 Å². The summed E-state index contributed by atoms with van der Waals surface area (Å²) >= 11 is 0. The second-order valence-electron chi connectivity index (χ2n) is 12.0. The van der Waals surface area contributed by atoms with Crippen LogP contribution < -0.4 is 0 Å². The van der Waals surface area contributed by atoms with E-state index in [0.29, 0.717) is 17.5 Å². The van der Waals surface area contributed by atoms with Crippen LogP contribution in [0.5, 0.6) is 0 Å². The average Bonchev–Trinajstić information content (AvgIpc) is 3.73. The Morgan fingerprint density at radius 2 is 0.854 bits per heavy atom. The summed E-state index contributed by atoms with van der Waals surface area (Å²) < 4.78 is 12.7.